The van der Waals surface area contributed by atoms with Crippen LogP contribution in [0, 0.1) is 5.82 Å². The first kappa shape index (κ1) is 29.0. The first-order valence-corrected chi connectivity index (χ1v) is 14.2. The van der Waals surface area contributed by atoms with Crippen molar-refractivity contribution in [1.82, 2.24) is 19.9 Å². The minimum Gasteiger partial charge on any atom is -0.374 e. The molecule has 2 heterocycles. The lowest BCUT2D eigenvalue weighted by molar-refractivity contribution is -0.111. The van der Waals surface area contributed by atoms with E-state index in [-0.39, 0.29) is 24.4 Å². The molecule has 5 rings (SSSR count). The molecule has 1 amide bonds. The molecule has 0 saturated heterocycles. The molecule has 0 fully saturated rings. The molecule has 5 aromatic rings. The number of ether oxygens (including phenoxy) is 1. The molecule has 10 heteroatoms. The summed E-state index contributed by atoms with van der Waals surface area (Å²) in [6, 6.07) is 23.7. The third-order valence-corrected chi connectivity index (χ3v) is 7.30. The molecule has 0 unspecified atom stereocenters. The minimum atomic E-state index is -0.288. The molecule has 0 bridgehead atoms. The molecule has 2 aromatic heterocycles. The van der Waals surface area contributed by atoms with E-state index in [4.69, 9.17) is 9.72 Å². The van der Waals surface area contributed by atoms with Gasteiger partial charge in [0.15, 0.2) is 5.82 Å². The van der Waals surface area contributed by atoms with Gasteiger partial charge in [-0.05, 0) is 61.6 Å². The van der Waals surface area contributed by atoms with E-state index in [1.807, 2.05) is 85.7 Å². The Morgan fingerprint density at radius 1 is 1.05 bits per heavy atom. The van der Waals surface area contributed by atoms with E-state index in [0.29, 0.717) is 30.2 Å². The number of aromatic nitrogens is 3. The molecule has 2 N–H and O–H groups in total. The molecule has 8 nitrogen and oxygen atoms in total. The predicted octanol–water partition coefficient (Wildman–Crippen LogP) is 6.32. The zero-order valence-corrected chi connectivity index (χ0v) is 24.1. The van der Waals surface area contributed by atoms with E-state index >= 15 is 0 Å². The fourth-order valence-electron chi connectivity index (χ4n) is 4.23. The van der Waals surface area contributed by atoms with Crippen molar-refractivity contribution in [2.45, 2.75) is 12.6 Å². The van der Waals surface area contributed by atoms with Crippen LogP contribution in [0.5, 0.6) is 0 Å². The van der Waals surface area contributed by atoms with Crippen molar-refractivity contribution >= 4 is 39.1 Å². The zero-order valence-electron chi connectivity index (χ0n) is 23.3. The first-order chi connectivity index (χ1) is 20.4. The number of rotatable bonds is 12. The van der Waals surface area contributed by atoms with E-state index in [0.717, 1.165) is 26.5 Å². The smallest absolute Gasteiger partial charge is 0.248 e. The van der Waals surface area contributed by atoms with Gasteiger partial charge in [-0.1, -0.05) is 59.9 Å². The van der Waals surface area contributed by atoms with Gasteiger partial charge in [0.25, 0.3) is 0 Å². The van der Waals surface area contributed by atoms with Crippen molar-refractivity contribution in [3.05, 3.63) is 114 Å². The summed E-state index contributed by atoms with van der Waals surface area (Å²) in [5, 5.41) is 7.15. The van der Waals surface area contributed by atoms with Crippen LogP contribution in [0.15, 0.2) is 97.3 Å². The van der Waals surface area contributed by atoms with Crippen LogP contribution in [-0.2, 0) is 16.1 Å². The molecule has 214 valence electrons. The maximum Gasteiger partial charge on any atom is 0.248 e. The summed E-state index contributed by atoms with van der Waals surface area (Å²) in [6.07, 6.45) is 4.87. The summed E-state index contributed by atoms with van der Waals surface area (Å²) in [5.74, 6) is 0.131. The van der Waals surface area contributed by atoms with E-state index < -0.39 is 0 Å². The second-order valence-electron chi connectivity index (χ2n) is 9.88. The standard InChI is InChI=1S/C32H31FN6O2S/c1-39(2)17-7-12-28(40)36-26-15-13-24(14-16-26)31-38-29-30(34-21-35-32(29)42-31)37-27(23-9-4-3-5-10-23)20-41-19-22-8-6-11-25(33)18-22/h3-16,18,21,27H,17,19-20H2,1-2H3,(H,36,40)(H,34,35,37)/b12-7+/t27-/m1/s1. The molecule has 0 spiro atoms. The molecule has 3 aromatic carbocycles. The van der Waals surface area contributed by atoms with Crippen molar-refractivity contribution in [2.24, 2.45) is 0 Å². The highest BCUT2D eigenvalue weighted by Crippen LogP contribution is 2.33. The van der Waals surface area contributed by atoms with Crippen LogP contribution in [0.25, 0.3) is 20.9 Å². The third kappa shape index (κ3) is 7.82. The number of carbonyl (C=O) groups excluding carboxylic acids is 1. The van der Waals surface area contributed by atoms with Crippen LogP contribution < -0.4 is 10.6 Å². The number of carbonyl (C=O) groups is 1. The molecule has 0 aliphatic carbocycles. The zero-order chi connectivity index (χ0) is 29.3. The van der Waals surface area contributed by atoms with Gasteiger partial charge in [0.1, 0.15) is 27.5 Å². The van der Waals surface area contributed by atoms with Crippen molar-refractivity contribution < 1.29 is 13.9 Å². The molecular formula is C32H31FN6O2S. The van der Waals surface area contributed by atoms with E-state index in [9.17, 15) is 9.18 Å². The highest BCUT2D eigenvalue weighted by atomic mass is 32.1. The second-order valence-corrected chi connectivity index (χ2v) is 10.9. The number of likely N-dealkylation sites (N-methyl/N-ethyl adjacent to an activating group) is 1. The normalized spacial score (nSPS) is 12.2. The second kappa shape index (κ2) is 13.9. The maximum absolute atomic E-state index is 13.6. The molecule has 0 radical (unpaired) electrons. The largest absolute Gasteiger partial charge is 0.374 e. The highest BCUT2D eigenvalue weighted by Gasteiger charge is 2.18. The van der Waals surface area contributed by atoms with Crippen molar-refractivity contribution in [3.63, 3.8) is 0 Å². The van der Waals surface area contributed by atoms with Gasteiger partial charge in [-0.3, -0.25) is 4.79 Å². The Labute approximate surface area is 247 Å². The Kier molecular flexibility index (Phi) is 9.60. The van der Waals surface area contributed by atoms with Gasteiger partial charge in [0, 0.05) is 23.9 Å². The number of hydrogen-bond donors (Lipinski definition) is 2. The lowest BCUT2D eigenvalue weighted by Crippen LogP contribution is -2.18. The van der Waals surface area contributed by atoms with E-state index in [1.54, 1.807) is 6.07 Å². The summed E-state index contributed by atoms with van der Waals surface area (Å²) < 4.78 is 19.6. The van der Waals surface area contributed by atoms with Crippen LogP contribution in [0.4, 0.5) is 15.9 Å². The van der Waals surface area contributed by atoms with Gasteiger partial charge >= 0.3 is 0 Å². The van der Waals surface area contributed by atoms with Crippen molar-refractivity contribution in [2.75, 3.05) is 37.9 Å². The van der Waals surface area contributed by atoms with Crippen LogP contribution in [0.3, 0.4) is 0 Å². The molecule has 1 atom stereocenters. The molecule has 42 heavy (non-hydrogen) atoms. The Morgan fingerprint density at radius 2 is 1.86 bits per heavy atom. The van der Waals surface area contributed by atoms with Crippen molar-refractivity contribution in [1.29, 1.82) is 0 Å². The number of anilines is 2. The number of fused-ring (bicyclic) bond motifs is 1. The fraction of sp³-hybridized carbons (Fsp3) is 0.188. The van der Waals surface area contributed by atoms with Gasteiger partial charge in [-0.25, -0.2) is 19.3 Å². The number of nitrogens with zero attached hydrogens (tertiary/aromatic N) is 4. The number of benzene rings is 3. The van der Waals surface area contributed by atoms with Crippen molar-refractivity contribution in [3.8, 4) is 10.6 Å². The van der Waals surface area contributed by atoms with E-state index in [1.165, 1.54) is 35.9 Å². The third-order valence-electron chi connectivity index (χ3n) is 6.29. The topological polar surface area (TPSA) is 92.3 Å². The quantitative estimate of drug-likeness (QED) is 0.166. The SMILES string of the molecule is CN(C)C/C=C/C(=O)Nc1ccc(-c2nc3c(N[C@H](COCc4cccc(F)c4)c4ccccc4)ncnc3s2)cc1. The maximum atomic E-state index is 13.6. The van der Waals surface area contributed by atoms with Gasteiger partial charge < -0.3 is 20.3 Å². The summed E-state index contributed by atoms with van der Waals surface area (Å²) >= 11 is 1.47. The summed E-state index contributed by atoms with van der Waals surface area (Å²) in [4.78, 5) is 28.7. The lowest BCUT2D eigenvalue weighted by atomic mass is 10.1. The summed E-state index contributed by atoms with van der Waals surface area (Å²) in [5.41, 5.74) is 4.05. The van der Waals surface area contributed by atoms with Crippen LogP contribution in [-0.4, -0.2) is 53.0 Å². The monoisotopic (exact) mass is 582 g/mol. The number of hydrogen-bond acceptors (Lipinski definition) is 8. The Hall–Kier alpha value is -4.51. The number of thiazole rings is 1. The van der Waals surface area contributed by atoms with Crippen LogP contribution in [0.2, 0.25) is 0 Å². The van der Waals surface area contributed by atoms with Crippen LogP contribution >= 0.6 is 11.3 Å². The van der Waals surface area contributed by atoms with Gasteiger partial charge in [0.05, 0.1) is 19.3 Å². The van der Waals surface area contributed by atoms with Gasteiger partial charge in [-0.15, -0.1) is 0 Å². The average molecular weight is 583 g/mol. The Balaban J connectivity index is 1.31. The predicted molar refractivity (Wildman–Crippen MR) is 166 cm³/mol. The average Bonchev–Trinajstić information content (AvgIpc) is 3.43. The fourth-order valence-corrected chi connectivity index (χ4v) is 5.14. The number of nitrogens with one attached hydrogen (secondary N) is 2. The molecule has 0 aliphatic heterocycles. The summed E-state index contributed by atoms with van der Waals surface area (Å²) in [6.45, 7) is 1.31. The van der Waals surface area contributed by atoms with Gasteiger partial charge in [-0.2, -0.15) is 0 Å². The van der Waals surface area contributed by atoms with E-state index in [2.05, 4.69) is 20.6 Å². The molecular weight excluding hydrogens is 551 g/mol. The summed E-state index contributed by atoms with van der Waals surface area (Å²) in [7, 11) is 3.89. The Bertz CT molecular complexity index is 1660. The Morgan fingerprint density at radius 3 is 2.62 bits per heavy atom. The molecule has 0 saturated carbocycles. The van der Waals surface area contributed by atoms with Gasteiger partial charge in [0.2, 0.25) is 5.91 Å². The highest BCUT2D eigenvalue weighted by molar-refractivity contribution is 7.21. The molecule has 0 aliphatic rings. The minimum absolute atomic E-state index is 0.177. The number of amides is 1. The lowest BCUT2D eigenvalue weighted by Gasteiger charge is -2.20. The number of halogens is 1. The first-order valence-electron chi connectivity index (χ1n) is 13.4. The van der Waals surface area contributed by atoms with Crippen LogP contribution in [0.1, 0.15) is 17.2 Å².